The second-order valence-corrected chi connectivity index (χ2v) is 7.94. The molecule has 2 aromatic carbocycles. The number of likely N-dealkylation sites (tertiary alicyclic amines) is 1. The fourth-order valence-corrected chi connectivity index (χ4v) is 4.22. The van der Waals surface area contributed by atoms with Gasteiger partial charge in [-0.1, -0.05) is 30.3 Å². The van der Waals surface area contributed by atoms with Crippen LogP contribution in [0, 0.1) is 10.1 Å². The molecule has 0 N–H and O–H groups in total. The van der Waals surface area contributed by atoms with Crippen LogP contribution >= 0.6 is 0 Å². The molecule has 0 aromatic heterocycles. The number of anilines is 1. The second-order valence-electron chi connectivity index (χ2n) is 7.94. The van der Waals surface area contributed by atoms with Crippen molar-refractivity contribution in [2.75, 3.05) is 31.1 Å². The molecule has 7 heteroatoms. The van der Waals surface area contributed by atoms with Gasteiger partial charge in [0, 0.05) is 37.8 Å². The molecule has 1 amide bonds. The molecule has 0 aliphatic carbocycles. The first-order valence-corrected chi connectivity index (χ1v) is 10.6. The Balaban J connectivity index is 1.36. The van der Waals surface area contributed by atoms with E-state index in [-0.39, 0.29) is 22.6 Å². The van der Waals surface area contributed by atoms with Gasteiger partial charge in [0.25, 0.3) is 11.6 Å². The van der Waals surface area contributed by atoms with Crippen LogP contribution in [-0.4, -0.2) is 48.0 Å². The zero-order chi connectivity index (χ0) is 20.9. The highest BCUT2D eigenvalue weighted by Crippen LogP contribution is 2.32. The standard InChI is InChI=1S/C23H27N3O4/c27-23(19-8-9-21(22(16-19)26(28)29)24-12-4-5-13-24)25-14-10-20(11-15-25)30-17-18-6-2-1-3-7-18/h1-3,6-9,16,20H,4-5,10-15,17H2. The van der Waals surface area contributed by atoms with E-state index < -0.39 is 0 Å². The Labute approximate surface area is 176 Å². The normalized spacial score (nSPS) is 17.3. The number of rotatable bonds is 6. The minimum atomic E-state index is -0.381. The Morgan fingerprint density at radius 2 is 1.73 bits per heavy atom. The van der Waals surface area contributed by atoms with Gasteiger partial charge in [0.05, 0.1) is 17.6 Å². The molecule has 0 bridgehead atoms. The third-order valence-corrected chi connectivity index (χ3v) is 5.92. The molecule has 2 aliphatic rings. The predicted molar refractivity (Wildman–Crippen MR) is 115 cm³/mol. The summed E-state index contributed by atoms with van der Waals surface area (Å²) in [5.74, 6) is -0.146. The van der Waals surface area contributed by atoms with Crippen LogP contribution in [0.2, 0.25) is 0 Å². The van der Waals surface area contributed by atoms with Crippen molar-refractivity contribution in [2.45, 2.75) is 38.4 Å². The van der Waals surface area contributed by atoms with Gasteiger partial charge in [-0.2, -0.15) is 0 Å². The Bertz CT molecular complexity index is 889. The van der Waals surface area contributed by atoms with Crippen molar-refractivity contribution in [3.8, 4) is 0 Å². The molecular formula is C23H27N3O4. The lowest BCUT2D eigenvalue weighted by atomic mass is 10.1. The number of hydrogen-bond acceptors (Lipinski definition) is 5. The Morgan fingerprint density at radius 1 is 1.03 bits per heavy atom. The lowest BCUT2D eigenvalue weighted by Gasteiger charge is -2.32. The van der Waals surface area contributed by atoms with E-state index in [1.165, 1.54) is 6.07 Å². The third-order valence-electron chi connectivity index (χ3n) is 5.92. The van der Waals surface area contributed by atoms with Crippen molar-refractivity contribution in [1.82, 2.24) is 4.90 Å². The largest absolute Gasteiger partial charge is 0.373 e. The number of carbonyl (C=O) groups is 1. The first-order chi connectivity index (χ1) is 14.6. The second kappa shape index (κ2) is 9.26. The summed E-state index contributed by atoms with van der Waals surface area (Å²) >= 11 is 0. The lowest BCUT2D eigenvalue weighted by molar-refractivity contribution is -0.384. The van der Waals surface area contributed by atoms with Crippen LogP contribution in [0.3, 0.4) is 0 Å². The van der Waals surface area contributed by atoms with Crippen molar-refractivity contribution >= 4 is 17.3 Å². The zero-order valence-electron chi connectivity index (χ0n) is 17.0. The molecule has 2 saturated heterocycles. The number of amides is 1. The highest BCUT2D eigenvalue weighted by Gasteiger charge is 2.27. The molecule has 30 heavy (non-hydrogen) atoms. The molecule has 2 fully saturated rings. The molecule has 0 unspecified atom stereocenters. The average Bonchev–Trinajstić information content (AvgIpc) is 3.32. The van der Waals surface area contributed by atoms with Gasteiger partial charge >= 0.3 is 0 Å². The number of nitrogens with zero attached hydrogens (tertiary/aromatic N) is 3. The highest BCUT2D eigenvalue weighted by molar-refractivity contribution is 5.96. The van der Waals surface area contributed by atoms with Gasteiger partial charge in [-0.05, 0) is 43.4 Å². The van der Waals surface area contributed by atoms with Crippen molar-refractivity contribution in [3.63, 3.8) is 0 Å². The molecule has 0 saturated carbocycles. The van der Waals surface area contributed by atoms with Gasteiger partial charge in [0.2, 0.25) is 0 Å². The molecule has 0 spiro atoms. The predicted octanol–water partition coefficient (Wildman–Crippen LogP) is 4.02. The smallest absolute Gasteiger partial charge is 0.293 e. The SMILES string of the molecule is O=C(c1ccc(N2CCCC2)c([N+](=O)[O-])c1)N1CCC(OCc2ccccc2)CC1. The van der Waals surface area contributed by atoms with Gasteiger partial charge in [-0.25, -0.2) is 0 Å². The van der Waals surface area contributed by atoms with E-state index in [1.54, 1.807) is 17.0 Å². The minimum Gasteiger partial charge on any atom is -0.373 e. The van der Waals surface area contributed by atoms with Crippen LogP contribution in [0.25, 0.3) is 0 Å². The molecule has 2 heterocycles. The van der Waals surface area contributed by atoms with Gasteiger partial charge in [0.15, 0.2) is 0 Å². The minimum absolute atomic E-state index is 0.0174. The summed E-state index contributed by atoms with van der Waals surface area (Å²) in [6, 6.07) is 14.9. The van der Waals surface area contributed by atoms with E-state index in [1.807, 2.05) is 35.2 Å². The van der Waals surface area contributed by atoms with Gasteiger partial charge in [-0.3, -0.25) is 14.9 Å². The van der Waals surface area contributed by atoms with Crippen molar-refractivity contribution in [1.29, 1.82) is 0 Å². The van der Waals surface area contributed by atoms with Gasteiger partial charge in [0.1, 0.15) is 5.69 Å². The van der Waals surface area contributed by atoms with Crippen LogP contribution in [-0.2, 0) is 11.3 Å². The molecule has 4 rings (SSSR count). The third kappa shape index (κ3) is 4.62. The summed E-state index contributed by atoms with van der Waals surface area (Å²) in [4.78, 5) is 28.0. The summed E-state index contributed by atoms with van der Waals surface area (Å²) in [5, 5.41) is 11.6. The van der Waals surface area contributed by atoms with Gasteiger partial charge < -0.3 is 14.5 Å². The quantitative estimate of drug-likeness (QED) is 0.532. The van der Waals surface area contributed by atoms with Crippen LogP contribution < -0.4 is 4.90 Å². The summed E-state index contributed by atoms with van der Waals surface area (Å²) < 4.78 is 5.99. The maximum atomic E-state index is 12.9. The summed E-state index contributed by atoms with van der Waals surface area (Å²) in [5.41, 5.74) is 2.15. The summed E-state index contributed by atoms with van der Waals surface area (Å²) in [7, 11) is 0. The number of nitro benzene ring substituents is 1. The Morgan fingerprint density at radius 3 is 2.40 bits per heavy atom. The Kier molecular flexibility index (Phi) is 6.28. The number of nitro groups is 1. The van der Waals surface area contributed by atoms with E-state index in [4.69, 9.17) is 4.74 Å². The molecule has 7 nitrogen and oxygen atoms in total. The van der Waals surface area contributed by atoms with E-state index in [2.05, 4.69) is 0 Å². The van der Waals surface area contributed by atoms with E-state index >= 15 is 0 Å². The fourth-order valence-electron chi connectivity index (χ4n) is 4.22. The van der Waals surface area contributed by atoms with Crippen LogP contribution in [0.15, 0.2) is 48.5 Å². The maximum Gasteiger partial charge on any atom is 0.293 e. The topological polar surface area (TPSA) is 75.9 Å². The monoisotopic (exact) mass is 409 g/mol. The molecule has 0 atom stereocenters. The van der Waals surface area contributed by atoms with E-state index in [9.17, 15) is 14.9 Å². The summed E-state index contributed by atoms with van der Waals surface area (Å²) in [6.07, 6.45) is 3.75. The first-order valence-electron chi connectivity index (χ1n) is 10.6. The number of carbonyl (C=O) groups excluding carboxylic acids is 1. The molecule has 2 aliphatic heterocycles. The molecule has 0 radical (unpaired) electrons. The maximum absolute atomic E-state index is 12.9. The van der Waals surface area contributed by atoms with Gasteiger partial charge in [-0.15, -0.1) is 0 Å². The lowest BCUT2D eigenvalue weighted by Crippen LogP contribution is -2.40. The number of ether oxygens (including phenoxy) is 1. The number of benzene rings is 2. The van der Waals surface area contributed by atoms with Crippen LogP contribution in [0.4, 0.5) is 11.4 Å². The van der Waals surface area contributed by atoms with Crippen LogP contribution in [0.1, 0.15) is 41.6 Å². The van der Waals surface area contributed by atoms with E-state index in [0.717, 1.165) is 44.3 Å². The number of hydrogen-bond donors (Lipinski definition) is 0. The molecule has 158 valence electrons. The molecule has 2 aromatic rings. The van der Waals surface area contributed by atoms with Crippen molar-refractivity contribution in [2.24, 2.45) is 0 Å². The first kappa shape index (κ1) is 20.3. The summed E-state index contributed by atoms with van der Waals surface area (Å²) in [6.45, 7) is 3.42. The Hall–Kier alpha value is -2.93. The van der Waals surface area contributed by atoms with E-state index in [0.29, 0.717) is 30.9 Å². The highest BCUT2D eigenvalue weighted by atomic mass is 16.6. The number of piperidine rings is 1. The molecular weight excluding hydrogens is 382 g/mol. The van der Waals surface area contributed by atoms with Crippen molar-refractivity contribution < 1.29 is 14.5 Å². The van der Waals surface area contributed by atoms with Crippen LogP contribution in [0.5, 0.6) is 0 Å². The fraction of sp³-hybridized carbons (Fsp3) is 0.435. The van der Waals surface area contributed by atoms with Crippen molar-refractivity contribution in [3.05, 3.63) is 69.8 Å². The average molecular weight is 409 g/mol. The zero-order valence-corrected chi connectivity index (χ0v) is 17.0.